The van der Waals surface area contributed by atoms with Crippen molar-refractivity contribution in [1.82, 2.24) is 4.90 Å². The van der Waals surface area contributed by atoms with Gasteiger partial charge in [0.1, 0.15) is 5.75 Å². The summed E-state index contributed by atoms with van der Waals surface area (Å²) < 4.78 is 15.8. The summed E-state index contributed by atoms with van der Waals surface area (Å²) in [6, 6.07) is 19.6. The summed E-state index contributed by atoms with van der Waals surface area (Å²) in [6.45, 7) is 0.764. The van der Waals surface area contributed by atoms with E-state index < -0.39 is 0 Å². The number of amides is 2. The molecular formula is C26H29N3O5. The fourth-order valence-electron chi connectivity index (χ4n) is 3.44. The molecule has 0 saturated heterocycles. The molecule has 0 unspecified atom stereocenters. The Bertz CT molecular complexity index is 1130. The molecule has 8 heteroatoms. The van der Waals surface area contributed by atoms with E-state index in [1.807, 2.05) is 42.3 Å². The van der Waals surface area contributed by atoms with Crippen molar-refractivity contribution in [2.45, 2.75) is 6.54 Å². The largest absolute Gasteiger partial charge is 0.495 e. The zero-order valence-electron chi connectivity index (χ0n) is 19.8. The van der Waals surface area contributed by atoms with Crippen molar-refractivity contribution in [2.24, 2.45) is 0 Å². The maximum atomic E-state index is 12.5. The first-order valence-corrected chi connectivity index (χ1v) is 10.7. The summed E-state index contributed by atoms with van der Waals surface area (Å²) in [5, 5.41) is 5.68. The molecule has 0 saturated carbocycles. The number of carbonyl (C=O) groups is 2. The first-order valence-electron chi connectivity index (χ1n) is 10.7. The Morgan fingerprint density at radius 3 is 2.15 bits per heavy atom. The number of rotatable bonds is 10. The van der Waals surface area contributed by atoms with Crippen LogP contribution in [0.15, 0.2) is 66.7 Å². The molecule has 178 valence electrons. The van der Waals surface area contributed by atoms with Gasteiger partial charge in [-0.05, 0) is 61.1 Å². The predicted molar refractivity (Wildman–Crippen MR) is 132 cm³/mol. The van der Waals surface area contributed by atoms with Gasteiger partial charge in [0.2, 0.25) is 5.91 Å². The monoisotopic (exact) mass is 463 g/mol. The van der Waals surface area contributed by atoms with E-state index in [4.69, 9.17) is 14.2 Å². The highest BCUT2D eigenvalue weighted by Gasteiger charge is 2.12. The summed E-state index contributed by atoms with van der Waals surface area (Å²) in [5.74, 6) is 1.46. The minimum absolute atomic E-state index is 0.158. The lowest BCUT2D eigenvalue weighted by atomic mass is 10.1. The van der Waals surface area contributed by atoms with Gasteiger partial charge in [0.05, 0.1) is 33.6 Å². The van der Waals surface area contributed by atoms with Crippen LogP contribution in [0.4, 0.5) is 11.4 Å². The van der Waals surface area contributed by atoms with Crippen LogP contribution in [-0.2, 0) is 11.3 Å². The Kier molecular flexibility index (Phi) is 8.48. The van der Waals surface area contributed by atoms with Gasteiger partial charge in [-0.25, -0.2) is 0 Å². The second kappa shape index (κ2) is 11.7. The topological polar surface area (TPSA) is 89.1 Å². The molecule has 3 aromatic carbocycles. The molecule has 3 rings (SSSR count). The quantitative estimate of drug-likeness (QED) is 0.472. The van der Waals surface area contributed by atoms with Crippen LogP contribution < -0.4 is 24.8 Å². The van der Waals surface area contributed by atoms with Crippen LogP contribution in [0.5, 0.6) is 17.2 Å². The van der Waals surface area contributed by atoms with Gasteiger partial charge < -0.3 is 24.8 Å². The Labute approximate surface area is 199 Å². The molecule has 0 aliphatic carbocycles. The number of benzene rings is 3. The number of para-hydroxylation sites is 2. The number of hydrogen-bond acceptors (Lipinski definition) is 6. The molecule has 0 aromatic heterocycles. The maximum Gasteiger partial charge on any atom is 0.255 e. The second-order valence-electron chi connectivity index (χ2n) is 7.64. The average molecular weight is 464 g/mol. The van der Waals surface area contributed by atoms with E-state index in [9.17, 15) is 9.59 Å². The van der Waals surface area contributed by atoms with E-state index in [1.54, 1.807) is 57.7 Å². The van der Waals surface area contributed by atoms with Crippen LogP contribution in [0.1, 0.15) is 15.9 Å². The minimum Gasteiger partial charge on any atom is -0.495 e. The summed E-state index contributed by atoms with van der Waals surface area (Å²) in [5.41, 5.74) is 2.66. The van der Waals surface area contributed by atoms with E-state index in [1.165, 1.54) is 0 Å². The van der Waals surface area contributed by atoms with Gasteiger partial charge in [0.25, 0.3) is 5.91 Å². The standard InChI is InChI=1S/C26H29N3O5/c1-29(16-18-9-14-23(33-3)24(15-18)34-4)17-25(30)27-20-12-10-19(11-13-20)26(31)28-21-7-5-6-8-22(21)32-2/h5-15H,16-17H2,1-4H3,(H,27,30)(H,28,31). The first-order chi connectivity index (χ1) is 16.4. The van der Waals surface area contributed by atoms with Crippen molar-refractivity contribution < 1.29 is 23.8 Å². The molecule has 0 spiro atoms. The number of ether oxygens (including phenoxy) is 3. The molecule has 2 amide bonds. The predicted octanol–water partition coefficient (Wildman–Crippen LogP) is 4.04. The molecule has 0 aliphatic rings. The number of nitrogens with zero attached hydrogens (tertiary/aromatic N) is 1. The van der Waals surface area contributed by atoms with Crippen LogP contribution in [0.25, 0.3) is 0 Å². The summed E-state index contributed by atoms with van der Waals surface area (Å²) in [7, 11) is 6.59. The summed E-state index contributed by atoms with van der Waals surface area (Å²) in [6.07, 6.45) is 0. The number of likely N-dealkylation sites (N-methyl/N-ethyl adjacent to an activating group) is 1. The Morgan fingerprint density at radius 1 is 0.794 bits per heavy atom. The van der Waals surface area contributed by atoms with Gasteiger partial charge in [-0.2, -0.15) is 0 Å². The lowest BCUT2D eigenvalue weighted by molar-refractivity contribution is -0.117. The highest BCUT2D eigenvalue weighted by Crippen LogP contribution is 2.28. The molecule has 0 heterocycles. The number of anilines is 2. The van der Waals surface area contributed by atoms with E-state index in [0.717, 1.165) is 5.56 Å². The molecular weight excluding hydrogens is 434 g/mol. The molecule has 34 heavy (non-hydrogen) atoms. The Morgan fingerprint density at radius 2 is 1.47 bits per heavy atom. The number of hydrogen-bond donors (Lipinski definition) is 2. The van der Waals surface area contributed by atoms with Crippen LogP contribution in [0, 0.1) is 0 Å². The molecule has 0 aliphatic heterocycles. The number of carbonyl (C=O) groups excluding carboxylic acids is 2. The summed E-state index contributed by atoms with van der Waals surface area (Å²) in [4.78, 5) is 26.9. The second-order valence-corrected chi connectivity index (χ2v) is 7.64. The highest BCUT2D eigenvalue weighted by atomic mass is 16.5. The van der Waals surface area contributed by atoms with E-state index in [0.29, 0.717) is 40.7 Å². The smallest absolute Gasteiger partial charge is 0.255 e. The fourth-order valence-corrected chi connectivity index (χ4v) is 3.44. The van der Waals surface area contributed by atoms with Gasteiger partial charge in [0, 0.05) is 17.8 Å². The zero-order chi connectivity index (χ0) is 24.5. The van der Waals surface area contributed by atoms with Crippen molar-refractivity contribution >= 4 is 23.2 Å². The number of methoxy groups -OCH3 is 3. The van der Waals surface area contributed by atoms with Crippen LogP contribution in [0.2, 0.25) is 0 Å². The average Bonchev–Trinajstić information content (AvgIpc) is 2.84. The van der Waals surface area contributed by atoms with Gasteiger partial charge in [0.15, 0.2) is 11.5 Å². The van der Waals surface area contributed by atoms with Crippen molar-refractivity contribution in [1.29, 1.82) is 0 Å². The van der Waals surface area contributed by atoms with E-state index in [-0.39, 0.29) is 18.4 Å². The highest BCUT2D eigenvalue weighted by molar-refractivity contribution is 6.05. The summed E-state index contributed by atoms with van der Waals surface area (Å²) >= 11 is 0. The van der Waals surface area contributed by atoms with Crippen molar-refractivity contribution in [3.05, 3.63) is 77.9 Å². The van der Waals surface area contributed by atoms with Crippen LogP contribution in [0.3, 0.4) is 0 Å². The molecule has 0 fully saturated rings. The van der Waals surface area contributed by atoms with Gasteiger partial charge in [-0.15, -0.1) is 0 Å². The molecule has 2 N–H and O–H groups in total. The molecule has 3 aromatic rings. The normalized spacial score (nSPS) is 10.5. The number of nitrogens with one attached hydrogen (secondary N) is 2. The van der Waals surface area contributed by atoms with Gasteiger partial charge >= 0.3 is 0 Å². The molecule has 0 atom stereocenters. The third-order valence-corrected chi connectivity index (χ3v) is 5.10. The van der Waals surface area contributed by atoms with E-state index >= 15 is 0 Å². The lowest BCUT2D eigenvalue weighted by Gasteiger charge is -2.17. The maximum absolute atomic E-state index is 12.5. The third kappa shape index (κ3) is 6.49. The zero-order valence-corrected chi connectivity index (χ0v) is 19.8. The van der Waals surface area contributed by atoms with Crippen LogP contribution >= 0.6 is 0 Å². The van der Waals surface area contributed by atoms with Crippen molar-refractivity contribution in [3.8, 4) is 17.2 Å². The Hall–Kier alpha value is -4.04. The first kappa shape index (κ1) is 24.6. The van der Waals surface area contributed by atoms with Gasteiger partial charge in [-0.1, -0.05) is 18.2 Å². The van der Waals surface area contributed by atoms with Crippen molar-refractivity contribution in [2.75, 3.05) is 45.6 Å². The minimum atomic E-state index is -0.267. The van der Waals surface area contributed by atoms with Gasteiger partial charge in [-0.3, -0.25) is 14.5 Å². The fraction of sp³-hybridized carbons (Fsp3) is 0.231. The van der Waals surface area contributed by atoms with Crippen LogP contribution in [-0.4, -0.2) is 51.6 Å². The Balaban J connectivity index is 1.53. The van der Waals surface area contributed by atoms with Crippen molar-refractivity contribution in [3.63, 3.8) is 0 Å². The third-order valence-electron chi connectivity index (χ3n) is 5.10. The van der Waals surface area contributed by atoms with E-state index in [2.05, 4.69) is 10.6 Å². The molecule has 0 bridgehead atoms. The molecule has 8 nitrogen and oxygen atoms in total. The lowest BCUT2D eigenvalue weighted by Crippen LogP contribution is -2.29. The SMILES string of the molecule is COc1ccccc1NC(=O)c1ccc(NC(=O)CN(C)Cc2ccc(OC)c(OC)c2)cc1. The molecule has 0 radical (unpaired) electrons.